The second kappa shape index (κ2) is 6.33. The smallest absolute Gasteiger partial charge is 0.225 e. The Morgan fingerprint density at radius 1 is 1.28 bits per heavy atom. The van der Waals surface area contributed by atoms with Gasteiger partial charge >= 0.3 is 0 Å². The molecule has 0 bridgehead atoms. The minimum atomic E-state index is -0.340. The summed E-state index contributed by atoms with van der Waals surface area (Å²) in [7, 11) is 0. The highest BCUT2D eigenvalue weighted by Gasteiger charge is 2.23. The van der Waals surface area contributed by atoms with E-state index in [1.807, 2.05) is 30.9 Å². The number of rotatable bonds is 3. The monoisotopic (exact) mass is 340 g/mol. The van der Waals surface area contributed by atoms with Crippen LogP contribution in [0.4, 0.5) is 5.95 Å². The molecule has 1 saturated heterocycles. The maximum Gasteiger partial charge on any atom is 0.225 e. The van der Waals surface area contributed by atoms with E-state index in [9.17, 15) is 5.11 Å². The topological polar surface area (TPSA) is 88.4 Å². The van der Waals surface area contributed by atoms with Gasteiger partial charge in [0, 0.05) is 30.9 Å². The molecule has 4 rings (SSSR count). The summed E-state index contributed by atoms with van der Waals surface area (Å²) in [5.74, 6) is 2.01. The van der Waals surface area contributed by atoms with Crippen molar-refractivity contribution in [1.29, 1.82) is 0 Å². The Labute approximate surface area is 145 Å². The Bertz CT molecular complexity index is 886. The largest absolute Gasteiger partial charge is 0.469 e. The Morgan fingerprint density at radius 3 is 2.84 bits per heavy atom. The van der Waals surface area contributed by atoms with Crippen LogP contribution in [0.25, 0.3) is 22.6 Å². The highest BCUT2D eigenvalue weighted by atomic mass is 16.5. The van der Waals surface area contributed by atoms with Gasteiger partial charge in [-0.05, 0) is 32.8 Å². The maximum absolute atomic E-state index is 9.94. The minimum Gasteiger partial charge on any atom is -0.469 e. The zero-order valence-electron chi connectivity index (χ0n) is 14.3. The summed E-state index contributed by atoms with van der Waals surface area (Å²) in [6, 6.07) is 3.75. The van der Waals surface area contributed by atoms with Crippen molar-refractivity contribution in [2.75, 3.05) is 18.0 Å². The van der Waals surface area contributed by atoms with Gasteiger partial charge in [-0.2, -0.15) is 0 Å². The average molecular weight is 340 g/mol. The zero-order valence-corrected chi connectivity index (χ0v) is 14.3. The molecule has 0 saturated carbocycles. The molecule has 1 N–H and O–H groups in total. The molecule has 1 atom stereocenters. The molecule has 130 valence electrons. The lowest BCUT2D eigenvalue weighted by atomic mass is 10.1. The van der Waals surface area contributed by atoms with Gasteiger partial charge in [0.1, 0.15) is 5.76 Å². The van der Waals surface area contributed by atoms with Crippen LogP contribution in [0.1, 0.15) is 24.3 Å². The van der Waals surface area contributed by atoms with Crippen LogP contribution in [0.15, 0.2) is 33.5 Å². The molecule has 3 aromatic rings. The molecule has 0 unspecified atom stereocenters. The summed E-state index contributed by atoms with van der Waals surface area (Å²) in [4.78, 5) is 11.3. The molecule has 1 aliphatic heterocycles. The highest BCUT2D eigenvalue weighted by molar-refractivity contribution is 5.79. The Balaban J connectivity index is 1.81. The minimum absolute atomic E-state index is 0.340. The van der Waals surface area contributed by atoms with E-state index in [0.717, 1.165) is 47.7 Å². The van der Waals surface area contributed by atoms with Crippen molar-refractivity contribution in [3.05, 3.63) is 36.0 Å². The lowest BCUT2D eigenvalue weighted by Crippen LogP contribution is -2.39. The van der Waals surface area contributed by atoms with Crippen molar-refractivity contribution in [3.8, 4) is 22.6 Å². The van der Waals surface area contributed by atoms with Crippen LogP contribution < -0.4 is 4.90 Å². The first kappa shape index (κ1) is 15.8. The molecule has 3 aromatic heterocycles. The average Bonchev–Trinajstić information content (AvgIpc) is 3.22. The van der Waals surface area contributed by atoms with Gasteiger partial charge in [-0.25, -0.2) is 9.97 Å². The first-order valence-corrected chi connectivity index (χ1v) is 8.40. The molecule has 0 aliphatic carbocycles. The standard InChI is InChI=1S/C18H20N4O3/c1-11-8-16(25-21-11)15-9-19-18(22-6-3-4-13(23)10-22)20-17(15)14-5-7-24-12(14)2/h5,7-9,13,23H,3-4,6,10H2,1-2H3/t13-/m1/s1. The first-order valence-electron chi connectivity index (χ1n) is 8.40. The van der Waals surface area contributed by atoms with Crippen LogP contribution in [0.5, 0.6) is 0 Å². The van der Waals surface area contributed by atoms with Crippen LogP contribution in [-0.2, 0) is 0 Å². The van der Waals surface area contributed by atoms with Gasteiger partial charge in [-0.1, -0.05) is 5.16 Å². The van der Waals surface area contributed by atoms with Gasteiger partial charge in [0.15, 0.2) is 5.76 Å². The molecule has 7 heteroatoms. The summed E-state index contributed by atoms with van der Waals surface area (Å²) >= 11 is 0. The molecule has 0 spiro atoms. The van der Waals surface area contributed by atoms with E-state index in [-0.39, 0.29) is 6.10 Å². The number of furan rings is 1. The molecule has 0 aromatic carbocycles. The molecule has 25 heavy (non-hydrogen) atoms. The zero-order chi connectivity index (χ0) is 17.4. The lowest BCUT2D eigenvalue weighted by Gasteiger charge is -2.30. The molecule has 0 amide bonds. The van der Waals surface area contributed by atoms with Gasteiger partial charge in [0.25, 0.3) is 0 Å². The number of anilines is 1. The van der Waals surface area contributed by atoms with Crippen molar-refractivity contribution in [2.45, 2.75) is 32.8 Å². The number of hydrogen-bond acceptors (Lipinski definition) is 7. The Morgan fingerprint density at radius 2 is 2.16 bits per heavy atom. The van der Waals surface area contributed by atoms with Crippen LogP contribution in [0.2, 0.25) is 0 Å². The van der Waals surface area contributed by atoms with Crippen LogP contribution >= 0.6 is 0 Å². The van der Waals surface area contributed by atoms with Gasteiger partial charge < -0.3 is 18.9 Å². The molecule has 4 heterocycles. The van der Waals surface area contributed by atoms with E-state index < -0.39 is 0 Å². The summed E-state index contributed by atoms with van der Waals surface area (Å²) < 4.78 is 10.9. The number of aliphatic hydroxyl groups is 1. The molecular weight excluding hydrogens is 320 g/mol. The summed E-state index contributed by atoms with van der Waals surface area (Å²) in [6.07, 6.45) is 4.80. The number of aromatic nitrogens is 3. The maximum atomic E-state index is 9.94. The van der Waals surface area contributed by atoms with Crippen LogP contribution in [0, 0.1) is 13.8 Å². The summed E-state index contributed by atoms with van der Waals surface area (Å²) in [5.41, 5.74) is 3.21. The van der Waals surface area contributed by atoms with E-state index in [2.05, 4.69) is 10.1 Å². The second-order valence-corrected chi connectivity index (χ2v) is 6.40. The predicted octanol–water partition coefficient (Wildman–Crippen LogP) is 2.97. The van der Waals surface area contributed by atoms with E-state index in [0.29, 0.717) is 18.3 Å². The lowest BCUT2D eigenvalue weighted by molar-refractivity contribution is 0.153. The third kappa shape index (κ3) is 3.02. The van der Waals surface area contributed by atoms with Crippen molar-refractivity contribution in [1.82, 2.24) is 15.1 Å². The van der Waals surface area contributed by atoms with E-state index in [4.69, 9.17) is 13.9 Å². The van der Waals surface area contributed by atoms with Crippen molar-refractivity contribution < 1.29 is 14.0 Å². The number of aliphatic hydroxyl groups excluding tert-OH is 1. The molecule has 1 fully saturated rings. The quantitative estimate of drug-likeness (QED) is 0.784. The summed E-state index contributed by atoms with van der Waals surface area (Å²) in [5, 5.41) is 13.9. The van der Waals surface area contributed by atoms with Crippen LogP contribution in [0.3, 0.4) is 0 Å². The van der Waals surface area contributed by atoms with E-state index in [1.165, 1.54) is 0 Å². The third-order valence-electron chi connectivity index (χ3n) is 4.46. The summed E-state index contributed by atoms with van der Waals surface area (Å²) in [6.45, 7) is 5.16. The van der Waals surface area contributed by atoms with Crippen molar-refractivity contribution >= 4 is 5.95 Å². The van der Waals surface area contributed by atoms with Gasteiger partial charge in [0.05, 0.1) is 29.3 Å². The van der Waals surface area contributed by atoms with Crippen molar-refractivity contribution in [3.63, 3.8) is 0 Å². The fourth-order valence-corrected chi connectivity index (χ4v) is 3.17. The Hall–Kier alpha value is -2.67. The molecular formula is C18H20N4O3. The van der Waals surface area contributed by atoms with Gasteiger partial charge in [0.2, 0.25) is 5.95 Å². The Kier molecular flexibility index (Phi) is 4.01. The van der Waals surface area contributed by atoms with Gasteiger partial charge in [-0.15, -0.1) is 0 Å². The molecule has 1 aliphatic rings. The number of β-amino-alcohol motifs (C(OH)–C–C–N with tert-alkyl or cyclic N) is 1. The second-order valence-electron chi connectivity index (χ2n) is 6.40. The number of aryl methyl sites for hydroxylation is 2. The third-order valence-corrected chi connectivity index (χ3v) is 4.46. The van der Waals surface area contributed by atoms with Crippen LogP contribution in [-0.4, -0.2) is 39.4 Å². The SMILES string of the molecule is Cc1cc(-c2cnc(N3CCC[C@@H](O)C3)nc2-c2ccoc2C)on1. The molecule has 7 nitrogen and oxygen atoms in total. The molecule has 0 radical (unpaired) electrons. The fourth-order valence-electron chi connectivity index (χ4n) is 3.17. The van der Waals surface area contributed by atoms with E-state index >= 15 is 0 Å². The normalized spacial score (nSPS) is 17.9. The van der Waals surface area contributed by atoms with Gasteiger partial charge in [-0.3, -0.25) is 0 Å². The predicted molar refractivity (Wildman–Crippen MR) is 92.2 cm³/mol. The first-order chi connectivity index (χ1) is 12.1. The number of piperidine rings is 1. The van der Waals surface area contributed by atoms with E-state index in [1.54, 1.807) is 12.5 Å². The fraction of sp³-hybridized carbons (Fsp3) is 0.389. The van der Waals surface area contributed by atoms with Crippen molar-refractivity contribution in [2.24, 2.45) is 0 Å². The number of hydrogen-bond donors (Lipinski definition) is 1. The highest BCUT2D eigenvalue weighted by Crippen LogP contribution is 2.34. The number of nitrogens with zero attached hydrogens (tertiary/aromatic N) is 4.